The molecule has 1 aromatic heterocycles. The number of carbonyl (C=O) groups excluding carboxylic acids is 3. The molecular formula is C25H24F3N5O3. The van der Waals surface area contributed by atoms with Crippen molar-refractivity contribution in [1.29, 1.82) is 0 Å². The Hall–Kier alpha value is -4.15. The molecule has 8 nitrogen and oxygen atoms in total. The van der Waals surface area contributed by atoms with E-state index < -0.39 is 29.4 Å². The second kappa shape index (κ2) is 10.6. The highest BCUT2D eigenvalue weighted by molar-refractivity contribution is 5.98. The summed E-state index contributed by atoms with van der Waals surface area (Å²) in [6.45, 7) is 0.611. The lowest BCUT2D eigenvalue weighted by molar-refractivity contribution is -0.141. The molecule has 2 N–H and O–H groups in total. The van der Waals surface area contributed by atoms with E-state index in [0.29, 0.717) is 24.2 Å². The Kier molecular flexibility index (Phi) is 7.37. The summed E-state index contributed by atoms with van der Waals surface area (Å²) in [4.78, 5) is 39.0. The molecule has 1 aliphatic rings. The number of aromatic nitrogens is 2. The Labute approximate surface area is 205 Å². The lowest BCUT2D eigenvalue weighted by atomic mass is 9.97. The highest BCUT2D eigenvalue weighted by atomic mass is 19.4. The minimum Gasteiger partial charge on any atom is -0.350 e. The summed E-state index contributed by atoms with van der Waals surface area (Å²) < 4.78 is 41.4. The number of urea groups is 1. The van der Waals surface area contributed by atoms with Gasteiger partial charge in [0.05, 0.1) is 11.3 Å². The third-order valence-electron chi connectivity index (χ3n) is 5.84. The summed E-state index contributed by atoms with van der Waals surface area (Å²) >= 11 is 0. The van der Waals surface area contributed by atoms with E-state index in [2.05, 4.69) is 15.7 Å². The van der Waals surface area contributed by atoms with Gasteiger partial charge in [-0.15, -0.1) is 0 Å². The van der Waals surface area contributed by atoms with Crippen molar-refractivity contribution in [3.63, 3.8) is 0 Å². The number of alkyl halides is 3. The van der Waals surface area contributed by atoms with Crippen LogP contribution in [0.2, 0.25) is 0 Å². The molecule has 11 heteroatoms. The molecule has 0 radical (unpaired) electrons. The Morgan fingerprint density at radius 1 is 0.944 bits per heavy atom. The van der Waals surface area contributed by atoms with Crippen LogP contribution in [0.5, 0.6) is 0 Å². The molecule has 0 spiro atoms. The third kappa shape index (κ3) is 5.73. The van der Waals surface area contributed by atoms with Crippen molar-refractivity contribution in [1.82, 2.24) is 25.3 Å². The van der Waals surface area contributed by atoms with E-state index in [-0.39, 0.29) is 31.3 Å². The van der Waals surface area contributed by atoms with Crippen LogP contribution >= 0.6 is 0 Å². The minimum atomic E-state index is -4.82. The molecular weight excluding hydrogens is 475 g/mol. The van der Waals surface area contributed by atoms with Crippen LogP contribution < -0.4 is 10.6 Å². The number of amides is 3. The number of hydrogen-bond donors (Lipinski definition) is 2. The molecule has 0 aliphatic carbocycles. The predicted octanol–water partition coefficient (Wildman–Crippen LogP) is 3.54. The van der Waals surface area contributed by atoms with E-state index in [1.165, 1.54) is 4.90 Å². The van der Waals surface area contributed by atoms with E-state index in [0.717, 1.165) is 10.9 Å². The molecule has 1 fully saturated rings. The van der Waals surface area contributed by atoms with Crippen LogP contribution in [0.1, 0.15) is 32.8 Å². The standard InChI is InChI=1S/C25H24F3N5O3/c26-25(27,28)22-20(16-33(31-22)19-9-5-2-6-10-19)23(35)29-12-13-30-24(36)32-14-11-18(15-32)21(34)17-7-3-1-4-8-17/h1-10,16,18H,11-15H2,(H,29,35)(H,30,36). The molecule has 0 saturated carbocycles. The van der Waals surface area contributed by atoms with Crippen LogP contribution in [-0.4, -0.2) is 58.6 Å². The Morgan fingerprint density at radius 2 is 1.58 bits per heavy atom. The van der Waals surface area contributed by atoms with Crippen LogP contribution in [0, 0.1) is 5.92 Å². The average molecular weight is 499 g/mol. The first kappa shape index (κ1) is 25.0. The second-order valence-electron chi connectivity index (χ2n) is 8.32. The smallest absolute Gasteiger partial charge is 0.350 e. The van der Waals surface area contributed by atoms with Gasteiger partial charge in [0.15, 0.2) is 11.5 Å². The van der Waals surface area contributed by atoms with Gasteiger partial charge in [0.2, 0.25) is 0 Å². The van der Waals surface area contributed by atoms with Crippen molar-refractivity contribution in [2.75, 3.05) is 26.2 Å². The van der Waals surface area contributed by atoms with Gasteiger partial charge in [-0.05, 0) is 18.6 Å². The quantitative estimate of drug-likeness (QED) is 0.384. The number of carbonyl (C=O) groups is 3. The fourth-order valence-electron chi connectivity index (χ4n) is 4.01. The molecule has 1 atom stereocenters. The lowest BCUT2D eigenvalue weighted by Gasteiger charge is -2.17. The van der Waals surface area contributed by atoms with Crippen molar-refractivity contribution in [2.24, 2.45) is 5.92 Å². The number of likely N-dealkylation sites (tertiary alicyclic amines) is 1. The first-order chi connectivity index (χ1) is 17.2. The van der Waals surface area contributed by atoms with Crippen LogP contribution in [0.25, 0.3) is 5.69 Å². The average Bonchev–Trinajstić information content (AvgIpc) is 3.55. The number of nitrogens with zero attached hydrogens (tertiary/aromatic N) is 3. The molecule has 1 saturated heterocycles. The highest BCUT2D eigenvalue weighted by Gasteiger charge is 2.39. The number of hydrogen-bond acceptors (Lipinski definition) is 4. The summed E-state index contributed by atoms with van der Waals surface area (Å²) in [5.41, 5.74) is -0.927. The molecule has 3 aromatic rings. The third-order valence-corrected chi connectivity index (χ3v) is 5.84. The summed E-state index contributed by atoms with van der Waals surface area (Å²) in [6.07, 6.45) is -3.24. The summed E-state index contributed by atoms with van der Waals surface area (Å²) in [5.74, 6) is -1.26. The molecule has 3 amide bonds. The van der Waals surface area contributed by atoms with E-state index >= 15 is 0 Å². The zero-order valence-corrected chi connectivity index (χ0v) is 19.2. The Morgan fingerprint density at radius 3 is 2.25 bits per heavy atom. The van der Waals surface area contributed by atoms with Crippen molar-refractivity contribution in [3.05, 3.63) is 83.7 Å². The Balaban J connectivity index is 1.29. The predicted molar refractivity (Wildman–Crippen MR) is 125 cm³/mol. The first-order valence-electron chi connectivity index (χ1n) is 11.4. The van der Waals surface area contributed by atoms with Crippen molar-refractivity contribution >= 4 is 17.7 Å². The minimum absolute atomic E-state index is 0.00649. The number of nitrogens with one attached hydrogen (secondary N) is 2. The Bertz CT molecular complexity index is 1230. The summed E-state index contributed by atoms with van der Waals surface area (Å²) in [6, 6.07) is 16.6. The van der Waals surface area contributed by atoms with Crippen LogP contribution in [0.3, 0.4) is 0 Å². The molecule has 1 unspecified atom stereocenters. The number of halogens is 3. The molecule has 1 aliphatic heterocycles. The molecule has 2 aromatic carbocycles. The zero-order valence-electron chi connectivity index (χ0n) is 19.2. The maximum Gasteiger partial charge on any atom is 0.435 e. The number of rotatable bonds is 7. The van der Waals surface area contributed by atoms with Gasteiger partial charge in [-0.2, -0.15) is 18.3 Å². The van der Waals surface area contributed by atoms with Gasteiger partial charge in [0, 0.05) is 43.9 Å². The van der Waals surface area contributed by atoms with Crippen LogP contribution in [0.4, 0.5) is 18.0 Å². The first-order valence-corrected chi connectivity index (χ1v) is 11.4. The van der Waals surface area contributed by atoms with Gasteiger partial charge in [-0.3, -0.25) is 9.59 Å². The number of ketones is 1. The number of benzene rings is 2. The topological polar surface area (TPSA) is 96.3 Å². The fourth-order valence-corrected chi connectivity index (χ4v) is 4.01. The largest absolute Gasteiger partial charge is 0.435 e. The normalized spacial score (nSPS) is 15.5. The second-order valence-corrected chi connectivity index (χ2v) is 8.32. The number of para-hydroxylation sites is 1. The number of Topliss-reactive ketones (excluding diaryl/α,β-unsaturated/α-hetero) is 1. The van der Waals surface area contributed by atoms with Crippen LogP contribution in [0.15, 0.2) is 66.9 Å². The summed E-state index contributed by atoms with van der Waals surface area (Å²) in [7, 11) is 0. The van der Waals surface area contributed by atoms with E-state index in [1.54, 1.807) is 54.6 Å². The lowest BCUT2D eigenvalue weighted by Crippen LogP contribution is -2.42. The highest BCUT2D eigenvalue weighted by Crippen LogP contribution is 2.31. The van der Waals surface area contributed by atoms with Gasteiger partial charge in [-0.1, -0.05) is 48.5 Å². The fraction of sp³-hybridized carbons (Fsp3) is 0.280. The van der Waals surface area contributed by atoms with E-state index in [4.69, 9.17) is 0 Å². The molecule has 188 valence electrons. The van der Waals surface area contributed by atoms with Gasteiger partial charge >= 0.3 is 12.2 Å². The summed E-state index contributed by atoms with van der Waals surface area (Å²) in [5, 5.41) is 8.57. The SMILES string of the molecule is O=C(NCCNC(=O)N1CCC(C(=O)c2ccccc2)C1)c1cn(-c2ccccc2)nc1C(F)(F)F. The maximum atomic E-state index is 13.5. The van der Waals surface area contributed by atoms with Crippen LogP contribution in [-0.2, 0) is 6.18 Å². The van der Waals surface area contributed by atoms with E-state index in [1.807, 2.05) is 6.07 Å². The van der Waals surface area contributed by atoms with Crippen molar-refractivity contribution in [2.45, 2.75) is 12.6 Å². The molecule has 0 bridgehead atoms. The molecule has 36 heavy (non-hydrogen) atoms. The molecule has 4 rings (SSSR count). The van der Waals surface area contributed by atoms with Gasteiger partial charge in [0.1, 0.15) is 0 Å². The van der Waals surface area contributed by atoms with Gasteiger partial charge in [-0.25, -0.2) is 9.48 Å². The monoisotopic (exact) mass is 499 g/mol. The molecule has 2 heterocycles. The van der Waals surface area contributed by atoms with E-state index in [9.17, 15) is 27.6 Å². The van der Waals surface area contributed by atoms with Gasteiger partial charge < -0.3 is 15.5 Å². The zero-order chi connectivity index (χ0) is 25.7. The van der Waals surface area contributed by atoms with Gasteiger partial charge in [0.25, 0.3) is 5.91 Å². The van der Waals surface area contributed by atoms with Crippen molar-refractivity contribution in [3.8, 4) is 5.69 Å². The van der Waals surface area contributed by atoms with Crippen molar-refractivity contribution < 1.29 is 27.6 Å². The maximum absolute atomic E-state index is 13.5.